The third-order valence-corrected chi connectivity index (χ3v) is 4.55. The second-order valence-electron chi connectivity index (χ2n) is 2.42. The van der Waals surface area contributed by atoms with E-state index in [1.165, 1.54) is 0 Å². The van der Waals surface area contributed by atoms with Gasteiger partial charge in [0, 0.05) is 0 Å². The van der Waals surface area contributed by atoms with E-state index < -0.39 is 19.8 Å². The molecule has 4 heteroatoms. The summed E-state index contributed by atoms with van der Waals surface area (Å²) in [4.78, 5) is 2.28. The van der Waals surface area contributed by atoms with E-state index in [-0.39, 0.29) is 0 Å². The van der Waals surface area contributed by atoms with Crippen LogP contribution < -0.4 is 0 Å². The first-order valence-electron chi connectivity index (χ1n) is 3.48. The molecule has 1 aromatic heterocycles. The van der Waals surface area contributed by atoms with Crippen molar-refractivity contribution in [3.63, 3.8) is 0 Å². The van der Waals surface area contributed by atoms with Gasteiger partial charge in [0.15, 0.2) is 0 Å². The van der Waals surface area contributed by atoms with E-state index in [0.29, 0.717) is 0 Å². The average Bonchev–Trinajstić information content (AvgIpc) is 2.29. The summed E-state index contributed by atoms with van der Waals surface area (Å²) in [5.74, 6) is 0. The molecule has 2 heterocycles. The minimum absolute atomic E-state index is 0.933. The monoisotopic (exact) mass is 273 g/mol. The van der Waals surface area contributed by atoms with E-state index in [0.717, 1.165) is 11.3 Å². The summed E-state index contributed by atoms with van der Waals surface area (Å²) in [6.07, 6.45) is 5.90. The molecular weight excluding hydrogens is 265 g/mol. The zero-order chi connectivity index (χ0) is 8.39. The molecule has 0 radical (unpaired) electrons. The van der Waals surface area contributed by atoms with Crippen molar-refractivity contribution in [3.8, 4) is 0 Å². The van der Waals surface area contributed by atoms with Crippen LogP contribution in [0, 0.1) is 0 Å². The van der Waals surface area contributed by atoms with Gasteiger partial charge in [-0.3, -0.25) is 0 Å². The van der Waals surface area contributed by atoms with Gasteiger partial charge in [-0.15, -0.1) is 0 Å². The van der Waals surface area contributed by atoms with Crippen LogP contribution in [0.1, 0.15) is 11.3 Å². The van der Waals surface area contributed by atoms with Gasteiger partial charge in [-0.25, -0.2) is 0 Å². The van der Waals surface area contributed by atoms with Gasteiger partial charge in [-0.1, -0.05) is 0 Å². The molecule has 0 bridgehead atoms. The number of rotatable bonds is 0. The quantitative estimate of drug-likeness (QED) is 0.535. The van der Waals surface area contributed by atoms with Gasteiger partial charge in [-0.05, 0) is 0 Å². The van der Waals surface area contributed by atoms with Crippen molar-refractivity contribution < 1.29 is 0 Å². The molecule has 0 aliphatic carbocycles. The van der Waals surface area contributed by atoms with Crippen molar-refractivity contribution in [1.82, 2.24) is 15.4 Å². The third-order valence-electron chi connectivity index (χ3n) is 1.56. The minimum atomic E-state index is -0.942. The summed E-state index contributed by atoms with van der Waals surface area (Å²) in [6.45, 7) is 0. The van der Waals surface area contributed by atoms with Crippen LogP contribution in [0.4, 0.5) is 0 Å². The van der Waals surface area contributed by atoms with Crippen LogP contribution >= 0.6 is 19.8 Å². The number of fused-ring (bicyclic) bond motifs is 1. The zero-order valence-electron chi connectivity index (χ0n) is 6.61. The first-order valence-corrected chi connectivity index (χ1v) is 8.13. The molecule has 0 amide bonds. The molecule has 0 fully saturated rings. The van der Waals surface area contributed by atoms with Gasteiger partial charge in [0.1, 0.15) is 0 Å². The SMILES string of the molecule is CI1C=Cc2cnnnc2C=C1. The van der Waals surface area contributed by atoms with E-state index in [9.17, 15) is 0 Å². The van der Waals surface area contributed by atoms with Gasteiger partial charge in [0.2, 0.25) is 0 Å². The maximum absolute atomic E-state index is 3.94. The van der Waals surface area contributed by atoms with Crippen molar-refractivity contribution in [3.05, 3.63) is 25.6 Å². The summed E-state index contributed by atoms with van der Waals surface area (Å²) in [5, 5.41) is 11.3. The third kappa shape index (κ3) is 1.52. The van der Waals surface area contributed by atoms with Crippen LogP contribution in [0.5, 0.6) is 0 Å². The Morgan fingerprint density at radius 2 is 2.08 bits per heavy atom. The molecule has 62 valence electrons. The molecule has 0 saturated heterocycles. The van der Waals surface area contributed by atoms with E-state index >= 15 is 0 Å². The van der Waals surface area contributed by atoms with E-state index in [1.807, 2.05) is 0 Å². The van der Waals surface area contributed by atoms with Crippen molar-refractivity contribution in [2.75, 3.05) is 4.93 Å². The maximum atomic E-state index is 3.94. The van der Waals surface area contributed by atoms with Crippen LogP contribution in [-0.4, -0.2) is 20.3 Å². The van der Waals surface area contributed by atoms with E-state index in [2.05, 4.69) is 40.7 Å². The number of hydrogen-bond acceptors (Lipinski definition) is 3. The van der Waals surface area contributed by atoms with Gasteiger partial charge < -0.3 is 0 Å². The van der Waals surface area contributed by atoms with E-state index in [1.54, 1.807) is 6.20 Å². The predicted octanol–water partition coefficient (Wildman–Crippen LogP) is 1.96. The number of alkyl halides is 1. The first kappa shape index (κ1) is 7.85. The number of nitrogens with zero attached hydrogens (tertiary/aromatic N) is 3. The molecule has 12 heavy (non-hydrogen) atoms. The van der Waals surface area contributed by atoms with E-state index in [4.69, 9.17) is 0 Å². The van der Waals surface area contributed by atoms with Crippen LogP contribution in [0.3, 0.4) is 0 Å². The van der Waals surface area contributed by atoms with Crippen molar-refractivity contribution in [2.24, 2.45) is 0 Å². The molecule has 1 aromatic rings. The fourth-order valence-corrected chi connectivity index (χ4v) is 3.01. The van der Waals surface area contributed by atoms with Gasteiger partial charge >= 0.3 is 77.9 Å². The Bertz CT molecular complexity index is 313. The fourth-order valence-electron chi connectivity index (χ4n) is 0.912. The number of halogens is 1. The normalized spacial score (nSPS) is 17.2. The summed E-state index contributed by atoms with van der Waals surface area (Å²) >= 11 is -0.942. The van der Waals surface area contributed by atoms with Crippen molar-refractivity contribution in [1.29, 1.82) is 0 Å². The summed E-state index contributed by atoms with van der Waals surface area (Å²) in [5.41, 5.74) is 2.01. The van der Waals surface area contributed by atoms with Crippen molar-refractivity contribution >= 4 is 32.0 Å². The first-order chi connectivity index (χ1) is 5.86. The Kier molecular flexibility index (Phi) is 2.16. The Hall–Kier alpha value is -0.780. The molecule has 0 unspecified atom stereocenters. The van der Waals surface area contributed by atoms with Crippen molar-refractivity contribution in [2.45, 2.75) is 0 Å². The zero-order valence-corrected chi connectivity index (χ0v) is 8.76. The standard InChI is InChI=1S/C8H8IN3/c1-9-4-2-7-6-10-12-11-8(7)3-5-9/h2-6H,1H3. The molecule has 0 aromatic carbocycles. The number of hydrogen-bond donors (Lipinski definition) is 0. The molecule has 1 aliphatic heterocycles. The topological polar surface area (TPSA) is 38.7 Å². The summed E-state index contributed by atoms with van der Waals surface area (Å²) in [6, 6.07) is 0. The molecule has 1 aliphatic rings. The predicted molar refractivity (Wildman–Crippen MR) is 57.8 cm³/mol. The molecule has 2 rings (SSSR count). The Morgan fingerprint density at radius 1 is 1.25 bits per heavy atom. The van der Waals surface area contributed by atoms with Crippen LogP contribution in [0.15, 0.2) is 14.4 Å². The molecule has 0 N–H and O–H groups in total. The van der Waals surface area contributed by atoms with Gasteiger partial charge in [-0.2, -0.15) is 0 Å². The fraction of sp³-hybridized carbons (Fsp3) is 0.125. The molecule has 0 atom stereocenters. The Morgan fingerprint density at radius 3 is 3.00 bits per heavy atom. The second kappa shape index (κ2) is 3.30. The average molecular weight is 273 g/mol. The number of aromatic nitrogens is 3. The Balaban J connectivity index is 2.52. The van der Waals surface area contributed by atoms with Crippen LogP contribution in [0.2, 0.25) is 0 Å². The molecule has 3 nitrogen and oxygen atoms in total. The molecule has 0 saturated carbocycles. The molecule has 0 spiro atoms. The Labute approximate surface area is 78.0 Å². The second-order valence-corrected chi connectivity index (χ2v) is 7.07. The van der Waals surface area contributed by atoms with Gasteiger partial charge in [0.25, 0.3) is 0 Å². The van der Waals surface area contributed by atoms with Gasteiger partial charge in [0.05, 0.1) is 0 Å². The summed E-state index contributed by atoms with van der Waals surface area (Å²) < 4.78 is 4.52. The van der Waals surface area contributed by atoms with Crippen LogP contribution in [-0.2, 0) is 0 Å². The molecular formula is C8H8IN3. The summed E-state index contributed by atoms with van der Waals surface area (Å²) in [7, 11) is 0. The van der Waals surface area contributed by atoms with Crippen LogP contribution in [0.25, 0.3) is 12.2 Å².